The Bertz CT molecular complexity index is 1980. The van der Waals surface area contributed by atoms with E-state index in [0.717, 1.165) is 28.6 Å². The van der Waals surface area contributed by atoms with E-state index in [9.17, 15) is 14.9 Å². The molecule has 0 saturated heterocycles. The van der Waals surface area contributed by atoms with Crippen LogP contribution in [0.5, 0.6) is 28.9 Å². The summed E-state index contributed by atoms with van der Waals surface area (Å²) < 4.78 is 24.3. The summed E-state index contributed by atoms with van der Waals surface area (Å²) in [5, 5.41) is 16.0. The monoisotopic (exact) mass is 623 g/mol. The van der Waals surface area contributed by atoms with Gasteiger partial charge < -0.3 is 18.9 Å². The first-order valence-corrected chi connectivity index (χ1v) is 14.5. The fraction of sp³-hybridized carbons (Fsp3) is 0.235. The second kappa shape index (κ2) is 13.5. The number of aromatic nitrogens is 3. The van der Waals surface area contributed by atoms with Gasteiger partial charge in [0.2, 0.25) is 11.6 Å². The maximum absolute atomic E-state index is 13.9. The van der Waals surface area contributed by atoms with Gasteiger partial charge in [-0.3, -0.25) is 14.9 Å². The third-order valence-electron chi connectivity index (χ3n) is 7.22. The normalized spacial score (nSPS) is 11.3. The zero-order chi connectivity index (χ0) is 33.0. The van der Waals surface area contributed by atoms with Gasteiger partial charge in [-0.2, -0.15) is 9.78 Å². The van der Waals surface area contributed by atoms with E-state index in [4.69, 9.17) is 23.9 Å². The van der Waals surface area contributed by atoms with Crippen molar-refractivity contribution in [2.45, 2.75) is 33.6 Å². The molecule has 236 valence electrons. The van der Waals surface area contributed by atoms with Crippen LogP contribution in [0.15, 0.2) is 76.8 Å². The smallest absolute Gasteiger partial charge is 0.287 e. The number of pyridine rings is 1. The van der Waals surface area contributed by atoms with Gasteiger partial charge in [0.1, 0.15) is 11.9 Å². The molecule has 12 heteroatoms. The predicted molar refractivity (Wildman–Crippen MR) is 175 cm³/mol. The number of rotatable bonds is 11. The lowest BCUT2D eigenvalue weighted by Gasteiger charge is -2.18. The lowest BCUT2D eigenvalue weighted by Crippen LogP contribution is -2.21. The molecule has 0 atom stereocenters. The number of nitrogens with zero attached hydrogens (tertiary/aromatic N) is 5. The van der Waals surface area contributed by atoms with E-state index in [1.807, 2.05) is 32.0 Å². The van der Waals surface area contributed by atoms with Crippen molar-refractivity contribution < 1.29 is 23.9 Å². The van der Waals surface area contributed by atoms with E-state index in [1.165, 1.54) is 37.2 Å². The van der Waals surface area contributed by atoms with Crippen LogP contribution in [0, 0.1) is 17.0 Å². The molecule has 0 radical (unpaired) electrons. The van der Waals surface area contributed by atoms with Crippen LogP contribution in [-0.4, -0.2) is 46.6 Å². The van der Waals surface area contributed by atoms with Crippen molar-refractivity contribution in [1.29, 1.82) is 0 Å². The first kappa shape index (κ1) is 31.6. The van der Waals surface area contributed by atoms with E-state index in [1.54, 1.807) is 30.3 Å². The fourth-order valence-electron chi connectivity index (χ4n) is 4.92. The van der Waals surface area contributed by atoms with Crippen LogP contribution >= 0.6 is 0 Å². The van der Waals surface area contributed by atoms with Crippen LogP contribution in [0.1, 0.15) is 43.4 Å². The molecule has 0 aliphatic carbocycles. The maximum atomic E-state index is 13.9. The van der Waals surface area contributed by atoms with Crippen molar-refractivity contribution in [1.82, 2.24) is 14.6 Å². The Hall–Kier alpha value is -5.78. The van der Waals surface area contributed by atoms with Crippen molar-refractivity contribution in [2.75, 3.05) is 20.8 Å². The quantitative estimate of drug-likeness (QED) is 0.0874. The lowest BCUT2D eigenvalue weighted by molar-refractivity contribution is -0.385. The SMILES string of the molecule is CCOc1cc(C)c(-c2nc3ccccc3c(=O)n2N=Cc2cc(OC)c(Oc3ccc([N+](=O)[O-])cn3)c(OC)c2)cc1C(C)C. The first-order valence-electron chi connectivity index (χ1n) is 14.5. The van der Waals surface area contributed by atoms with Gasteiger partial charge in [0.15, 0.2) is 17.3 Å². The molecule has 0 aliphatic heterocycles. The fourth-order valence-corrected chi connectivity index (χ4v) is 4.92. The molecular formula is C34H33N5O7. The molecule has 0 bridgehead atoms. The molecule has 0 N–H and O–H groups in total. The van der Waals surface area contributed by atoms with Gasteiger partial charge in [0.25, 0.3) is 11.2 Å². The van der Waals surface area contributed by atoms with Gasteiger partial charge >= 0.3 is 0 Å². The van der Waals surface area contributed by atoms with Gasteiger partial charge in [-0.25, -0.2) is 9.97 Å². The van der Waals surface area contributed by atoms with Crippen molar-refractivity contribution in [3.8, 4) is 40.3 Å². The molecule has 5 rings (SSSR count). The average Bonchev–Trinajstić information content (AvgIpc) is 3.05. The van der Waals surface area contributed by atoms with Gasteiger partial charge in [0, 0.05) is 23.3 Å². The Labute approximate surface area is 265 Å². The largest absolute Gasteiger partial charge is 0.494 e. The van der Waals surface area contributed by atoms with Crippen LogP contribution in [0.4, 0.5) is 5.69 Å². The second-order valence-corrected chi connectivity index (χ2v) is 10.6. The number of para-hydroxylation sites is 1. The van der Waals surface area contributed by atoms with Crippen LogP contribution in [0.3, 0.4) is 0 Å². The highest BCUT2D eigenvalue weighted by molar-refractivity contribution is 5.84. The molecule has 0 aliphatic rings. The minimum Gasteiger partial charge on any atom is -0.494 e. The Morgan fingerprint density at radius 2 is 1.74 bits per heavy atom. The maximum Gasteiger partial charge on any atom is 0.287 e. The molecule has 0 fully saturated rings. The molecule has 0 amide bonds. The number of benzene rings is 3. The van der Waals surface area contributed by atoms with E-state index in [2.05, 4.69) is 23.9 Å². The predicted octanol–water partition coefficient (Wildman–Crippen LogP) is 6.89. The molecule has 5 aromatic rings. The number of fused-ring (bicyclic) bond motifs is 1. The topological polar surface area (TPSA) is 140 Å². The molecule has 0 saturated carbocycles. The second-order valence-electron chi connectivity index (χ2n) is 10.6. The highest BCUT2D eigenvalue weighted by atomic mass is 16.6. The Morgan fingerprint density at radius 1 is 1.02 bits per heavy atom. The number of nitro groups is 1. The summed E-state index contributed by atoms with van der Waals surface area (Å²) >= 11 is 0. The first-order chi connectivity index (χ1) is 22.1. The van der Waals surface area contributed by atoms with E-state index in [-0.39, 0.29) is 40.3 Å². The summed E-state index contributed by atoms with van der Waals surface area (Å²) in [6.45, 7) is 8.60. The van der Waals surface area contributed by atoms with Crippen molar-refractivity contribution in [3.63, 3.8) is 0 Å². The molecule has 3 aromatic carbocycles. The van der Waals surface area contributed by atoms with Crippen LogP contribution in [0.25, 0.3) is 22.3 Å². The van der Waals surface area contributed by atoms with Crippen molar-refractivity contribution in [3.05, 3.63) is 104 Å². The standard InChI is InChI=1S/C34H33N5O7/c1-7-45-28-14-21(4)26(17-25(28)20(2)3)33-37-27-11-9-8-10-24(27)34(40)38(33)36-18-22-15-29(43-5)32(30(16-22)44-6)46-31-13-12-23(19-35-31)39(41)42/h8-20H,7H2,1-6H3. The highest BCUT2D eigenvalue weighted by Gasteiger charge is 2.20. The molecule has 2 heterocycles. The third kappa shape index (κ3) is 6.36. The summed E-state index contributed by atoms with van der Waals surface area (Å²) in [6.07, 6.45) is 2.60. The summed E-state index contributed by atoms with van der Waals surface area (Å²) in [4.78, 5) is 33.2. The number of aryl methyl sites for hydroxylation is 1. The van der Waals surface area contributed by atoms with Gasteiger partial charge in [-0.05, 0) is 67.3 Å². The minimum atomic E-state index is -0.547. The molecule has 0 spiro atoms. The Balaban J connectivity index is 1.62. The van der Waals surface area contributed by atoms with Crippen molar-refractivity contribution in [2.24, 2.45) is 5.10 Å². The highest BCUT2D eigenvalue weighted by Crippen LogP contribution is 2.41. The van der Waals surface area contributed by atoms with E-state index >= 15 is 0 Å². The zero-order valence-corrected chi connectivity index (χ0v) is 26.3. The van der Waals surface area contributed by atoms with Gasteiger partial charge in [-0.15, -0.1) is 0 Å². The van der Waals surface area contributed by atoms with E-state index in [0.29, 0.717) is 28.9 Å². The Kier molecular flexibility index (Phi) is 9.26. The summed E-state index contributed by atoms with van der Waals surface area (Å²) in [5.41, 5.74) is 3.21. The Morgan fingerprint density at radius 3 is 2.35 bits per heavy atom. The number of hydrogen-bond acceptors (Lipinski definition) is 10. The van der Waals surface area contributed by atoms with Crippen LogP contribution < -0.4 is 24.5 Å². The molecular weight excluding hydrogens is 590 g/mol. The summed E-state index contributed by atoms with van der Waals surface area (Å²) in [6, 6.07) is 17.1. The van der Waals surface area contributed by atoms with Gasteiger partial charge in [0.05, 0.1) is 42.9 Å². The van der Waals surface area contributed by atoms with E-state index < -0.39 is 4.92 Å². The third-order valence-corrected chi connectivity index (χ3v) is 7.22. The number of ether oxygens (including phenoxy) is 4. The lowest BCUT2D eigenvalue weighted by atomic mass is 9.96. The average molecular weight is 624 g/mol. The van der Waals surface area contributed by atoms with Crippen LogP contribution in [0.2, 0.25) is 0 Å². The van der Waals surface area contributed by atoms with Gasteiger partial charge in [-0.1, -0.05) is 26.0 Å². The zero-order valence-electron chi connectivity index (χ0n) is 26.3. The molecule has 46 heavy (non-hydrogen) atoms. The summed E-state index contributed by atoms with van der Waals surface area (Å²) in [5.74, 6) is 2.22. The molecule has 2 aromatic heterocycles. The molecule has 0 unspecified atom stereocenters. The number of methoxy groups -OCH3 is 2. The van der Waals surface area contributed by atoms with Crippen molar-refractivity contribution >= 4 is 22.8 Å². The number of hydrogen-bond donors (Lipinski definition) is 0. The summed E-state index contributed by atoms with van der Waals surface area (Å²) in [7, 11) is 2.92. The molecule has 12 nitrogen and oxygen atoms in total. The van der Waals surface area contributed by atoms with Crippen LogP contribution in [-0.2, 0) is 0 Å². The minimum absolute atomic E-state index is 0.105.